The number of nitrogens with one attached hydrogen (secondary N) is 2. The number of carbonyl (C=O) groups excluding carboxylic acids is 1. The summed E-state index contributed by atoms with van der Waals surface area (Å²) in [5.41, 5.74) is -2.24. The monoisotopic (exact) mass is 517 g/mol. The summed E-state index contributed by atoms with van der Waals surface area (Å²) in [6, 6.07) is 5.02. The molecule has 5 atom stereocenters. The highest BCUT2D eigenvalue weighted by molar-refractivity contribution is 7.91. The van der Waals surface area contributed by atoms with Crippen LogP contribution in [0.4, 0.5) is 23.2 Å². The smallest absolute Gasteiger partial charge is 0.417 e. The summed E-state index contributed by atoms with van der Waals surface area (Å²) < 4.78 is 87.3. The fourth-order valence-electron chi connectivity index (χ4n) is 4.22. The van der Waals surface area contributed by atoms with E-state index in [1.54, 1.807) is 6.92 Å². The van der Waals surface area contributed by atoms with Gasteiger partial charge in [0.05, 0.1) is 16.3 Å². The number of nitrogens with zero attached hydrogens (tertiary/aromatic N) is 1. The number of amides is 1. The zero-order valence-electron chi connectivity index (χ0n) is 19.8. The molecule has 0 spiro atoms. The molecule has 1 aliphatic rings. The molecule has 0 bridgehead atoms. The van der Waals surface area contributed by atoms with Crippen LogP contribution in [0.3, 0.4) is 0 Å². The van der Waals surface area contributed by atoms with Crippen molar-refractivity contribution in [3.8, 4) is 5.75 Å². The van der Waals surface area contributed by atoms with Crippen molar-refractivity contribution in [3.05, 3.63) is 47.4 Å². The minimum atomic E-state index is -4.80. The van der Waals surface area contributed by atoms with E-state index in [0.29, 0.717) is 0 Å². The van der Waals surface area contributed by atoms with E-state index in [4.69, 9.17) is 14.3 Å². The van der Waals surface area contributed by atoms with Crippen LogP contribution in [0.1, 0.15) is 37.8 Å². The van der Waals surface area contributed by atoms with Gasteiger partial charge in [0.2, 0.25) is 0 Å². The molecule has 2 heterocycles. The Bertz CT molecular complexity index is 1240. The van der Waals surface area contributed by atoms with Crippen LogP contribution in [-0.4, -0.2) is 45.8 Å². The molecule has 1 saturated heterocycles. The average Bonchev–Trinajstić information content (AvgIpc) is 3.03. The molecule has 0 unspecified atom stereocenters. The van der Waals surface area contributed by atoms with Crippen LogP contribution >= 0.6 is 0 Å². The van der Waals surface area contributed by atoms with Crippen LogP contribution in [0.5, 0.6) is 5.75 Å². The van der Waals surface area contributed by atoms with Gasteiger partial charge in [0.25, 0.3) is 5.91 Å². The number of halogens is 4. The van der Waals surface area contributed by atoms with Crippen molar-refractivity contribution in [3.63, 3.8) is 0 Å². The third kappa shape index (κ3) is 4.99. The van der Waals surface area contributed by atoms with E-state index in [1.165, 1.54) is 38.2 Å². The largest absolute Gasteiger partial charge is 0.493 e. The standard InChI is InChI=1S/C23H27F4N3O4S/c1-6-33-19-12(2)16(24)8-7-15(19)18-13(3)22(4,23(25,26)27)34-20(18)21(31)30-14-9-10-29-17(11-14)35(5,28)32/h7-11,13,18,20,28H,6H2,1-5H3,(H,29,30,31)/t13-,18-,20+,22+,35+/m1/s1. The third-order valence-electron chi connectivity index (χ3n) is 6.35. The number of hydrogen-bond acceptors (Lipinski definition) is 6. The summed E-state index contributed by atoms with van der Waals surface area (Å²) in [4.78, 5) is 17.1. The van der Waals surface area contributed by atoms with E-state index in [2.05, 4.69) is 10.3 Å². The molecule has 1 fully saturated rings. The Morgan fingerprint density at radius 2 is 2.00 bits per heavy atom. The summed E-state index contributed by atoms with van der Waals surface area (Å²) in [7, 11) is -3.20. The average molecular weight is 518 g/mol. The van der Waals surface area contributed by atoms with Gasteiger partial charge >= 0.3 is 6.18 Å². The topological polar surface area (TPSA) is 101 Å². The predicted octanol–water partition coefficient (Wildman–Crippen LogP) is 5.04. The Labute approximate surface area is 201 Å². The Kier molecular flexibility index (Phi) is 7.20. The second-order valence-corrected chi connectivity index (χ2v) is 10.8. The molecule has 35 heavy (non-hydrogen) atoms. The molecule has 2 N–H and O–H groups in total. The summed E-state index contributed by atoms with van der Waals surface area (Å²) in [6.45, 7) is 5.45. The van der Waals surface area contributed by atoms with Gasteiger partial charge in [-0.15, -0.1) is 0 Å². The fraction of sp³-hybridized carbons (Fsp3) is 0.478. The van der Waals surface area contributed by atoms with Crippen molar-refractivity contribution in [2.75, 3.05) is 18.2 Å². The van der Waals surface area contributed by atoms with E-state index >= 15 is 0 Å². The van der Waals surface area contributed by atoms with Crippen molar-refractivity contribution in [1.82, 2.24) is 4.98 Å². The van der Waals surface area contributed by atoms with E-state index < -0.39 is 51.2 Å². The zero-order chi connectivity index (χ0) is 26.3. The quantitative estimate of drug-likeness (QED) is 0.523. The summed E-state index contributed by atoms with van der Waals surface area (Å²) in [5, 5.41) is 2.39. The number of carbonyl (C=O) groups is 1. The van der Waals surface area contributed by atoms with Gasteiger partial charge in [0, 0.05) is 41.1 Å². The second-order valence-electron chi connectivity index (χ2n) is 8.70. The van der Waals surface area contributed by atoms with Gasteiger partial charge < -0.3 is 14.8 Å². The maximum atomic E-state index is 14.3. The molecule has 1 amide bonds. The van der Waals surface area contributed by atoms with Gasteiger partial charge in [-0.1, -0.05) is 13.0 Å². The summed E-state index contributed by atoms with van der Waals surface area (Å²) in [5.74, 6) is -3.77. The lowest BCUT2D eigenvalue weighted by Crippen LogP contribution is -2.47. The first kappa shape index (κ1) is 26.9. The molecule has 0 saturated carbocycles. The Balaban J connectivity index is 2.10. The Morgan fingerprint density at radius 3 is 2.57 bits per heavy atom. The Morgan fingerprint density at radius 1 is 1.34 bits per heavy atom. The minimum Gasteiger partial charge on any atom is -0.493 e. The third-order valence-corrected chi connectivity index (χ3v) is 7.37. The fourth-order valence-corrected chi connectivity index (χ4v) is 4.84. The van der Waals surface area contributed by atoms with Gasteiger partial charge in [-0.3, -0.25) is 4.79 Å². The van der Waals surface area contributed by atoms with Crippen LogP contribution in [0.2, 0.25) is 0 Å². The lowest BCUT2D eigenvalue weighted by molar-refractivity contribution is -0.272. The second kappa shape index (κ2) is 9.38. The number of pyridine rings is 1. The van der Waals surface area contributed by atoms with Crippen molar-refractivity contribution in [2.24, 2.45) is 5.92 Å². The van der Waals surface area contributed by atoms with E-state index in [1.807, 2.05) is 0 Å². The number of alkyl halides is 3. The van der Waals surface area contributed by atoms with E-state index in [0.717, 1.165) is 19.2 Å². The van der Waals surface area contributed by atoms with Crippen LogP contribution < -0.4 is 10.1 Å². The van der Waals surface area contributed by atoms with Crippen LogP contribution in [0.25, 0.3) is 0 Å². The summed E-state index contributed by atoms with van der Waals surface area (Å²) in [6.07, 6.45) is -4.03. The molecule has 1 aromatic heterocycles. The molecule has 1 aliphatic heterocycles. The van der Waals surface area contributed by atoms with E-state index in [9.17, 15) is 26.6 Å². The molecule has 7 nitrogen and oxygen atoms in total. The molecule has 192 valence electrons. The molecule has 1 aromatic carbocycles. The molecule has 0 aliphatic carbocycles. The highest BCUT2D eigenvalue weighted by Crippen LogP contribution is 2.55. The first-order valence-electron chi connectivity index (χ1n) is 10.8. The van der Waals surface area contributed by atoms with Crippen LogP contribution in [-0.2, 0) is 19.3 Å². The van der Waals surface area contributed by atoms with Crippen molar-refractivity contribution >= 4 is 21.3 Å². The van der Waals surface area contributed by atoms with Gasteiger partial charge in [0.1, 0.15) is 22.7 Å². The molecular formula is C23H27F4N3O4S. The predicted molar refractivity (Wildman–Crippen MR) is 121 cm³/mol. The summed E-state index contributed by atoms with van der Waals surface area (Å²) >= 11 is 0. The lowest BCUT2D eigenvalue weighted by Gasteiger charge is -2.32. The zero-order valence-corrected chi connectivity index (χ0v) is 20.6. The molecule has 3 rings (SSSR count). The SMILES string of the molecule is CCOc1c([C@@H]2[C@@H](C(=O)Nc3ccnc([S@@](C)(=N)=O)c3)O[C@](C)(C(F)(F)F)[C@@H]2C)ccc(F)c1C. The lowest BCUT2D eigenvalue weighted by atomic mass is 9.76. The minimum absolute atomic E-state index is 0.0725. The number of rotatable bonds is 6. The van der Waals surface area contributed by atoms with Crippen LogP contribution in [0, 0.1) is 23.4 Å². The van der Waals surface area contributed by atoms with Gasteiger partial charge in [0.15, 0.2) is 5.60 Å². The van der Waals surface area contributed by atoms with Crippen molar-refractivity contribution in [2.45, 2.75) is 56.5 Å². The Hall–Kier alpha value is -2.73. The van der Waals surface area contributed by atoms with Gasteiger partial charge in [-0.25, -0.2) is 18.4 Å². The maximum Gasteiger partial charge on any atom is 0.417 e. The number of anilines is 1. The number of aromatic nitrogens is 1. The van der Waals surface area contributed by atoms with Crippen molar-refractivity contribution in [1.29, 1.82) is 4.78 Å². The molecule has 12 heteroatoms. The van der Waals surface area contributed by atoms with E-state index in [-0.39, 0.29) is 34.2 Å². The first-order valence-corrected chi connectivity index (χ1v) is 12.8. The highest BCUT2D eigenvalue weighted by Gasteiger charge is 2.65. The van der Waals surface area contributed by atoms with Gasteiger partial charge in [-0.05, 0) is 39.0 Å². The van der Waals surface area contributed by atoms with Crippen molar-refractivity contribution < 1.29 is 36.0 Å². The highest BCUT2D eigenvalue weighted by atomic mass is 32.2. The number of ether oxygens (including phenoxy) is 2. The molecule has 0 radical (unpaired) electrons. The molecule has 2 aromatic rings. The molecular weight excluding hydrogens is 490 g/mol. The first-order chi connectivity index (χ1) is 16.1. The van der Waals surface area contributed by atoms with Gasteiger partial charge in [-0.2, -0.15) is 13.2 Å². The van der Waals surface area contributed by atoms with Crippen LogP contribution in [0.15, 0.2) is 35.5 Å². The maximum absolute atomic E-state index is 14.3. The number of benzene rings is 1. The normalized spacial score (nSPS) is 26.3. The number of hydrogen-bond donors (Lipinski definition) is 2.